The first kappa shape index (κ1) is 17.3. The largest absolute Gasteiger partial charge is 0.299 e. The maximum atomic E-state index is 11.8. The first-order valence-electron chi connectivity index (χ1n) is 7.67. The van der Waals surface area contributed by atoms with Gasteiger partial charge in [-0.05, 0) is 23.3 Å². The topological polar surface area (TPSA) is 51.2 Å². The van der Waals surface area contributed by atoms with Crippen molar-refractivity contribution in [1.82, 2.24) is 0 Å². The SMILES string of the molecule is O=C(C=Cc1ccccc1)CC(=O)CC(=O)C=Cc1ccccc1. The molecular weight excluding hydrogens is 300 g/mol. The Morgan fingerprint density at radius 2 is 1.00 bits per heavy atom. The highest BCUT2D eigenvalue weighted by molar-refractivity contribution is 6.13. The standard InChI is InChI=1S/C21H18O3/c22-19(13-11-17-7-3-1-4-8-17)15-21(24)16-20(23)14-12-18-9-5-2-6-10-18/h1-14H,15-16H2. The Kier molecular flexibility index (Phi) is 6.59. The van der Waals surface area contributed by atoms with Crippen molar-refractivity contribution in [3.05, 3.63) is 83.9 Å². The second-order valence-corrected chi connectivity index (χ2v) is 5.31. The predicted molar refractivity (Wildman–Crippen MR) is 95.2 cm³/mol. The van der Waals surface area contributed by atoms with Gasteiger partial charge in [-0.1, -0.05) is 72.8 Å². The minimum atomic E-state index is -0.375. The molecule has 0 radical (unpaired) electrons. The Morgan fingerprint density at radius 3 is 1.38 bits per heavy atom. The van der Waals surface area contributed by atoms with E-state index >= 15 is 0 Å². The molecule has 0 saturated carbocycles. The zero-order chi connectivity index (χ0) is 17.2. The molecule has 2 rings (SSSR count). The second-order valence-electron chi connectivity index (χ2n) is 5.31. The van der Waals surface area contributed by atoms with Gasteiger partial charge in [0.05, 0.1) is 12.8 Å². The highest BCUT2D eigenvalue weighted by Crippen LogP contribution is 2.04. The summed E-state index contributed by atoms with van der Waals surface area (Å²) in [4.78, 5) is 35.3. The van der Waals surface area contributed by atoms with Crippen LogP contribution >= 0.6 is 0 Å². The van der Waals surface area contributed by atoms with Gasteiger partial charge in [-0.3, -0.25) is 14.4 Å². The van der Waals surface area contributed by atoms with Crippen molar-refractivity contribution in [3.8, 4) is 0 Å². The fourth-order valence-corrected chi connectivity index (χ4v) is 2.08. The molecule has 24 heavy (non-hydrogen) atoms. The van der Waals surface area contributed by atoms with E-state index in [1.165, 1.54) is 12.2 Å². The maximum Gasteiger partial charge on any atom is 0.163 e. The summed E-state index contributed by atoms with van der Waals surface area (Å²) in [5.74, 6) is -0.979. The molecule has 0 amide bonds. The molecule has 3 heteroatoms. The van der Waals surface area contributed by atoms with E-state index < -0.39 is 0 Å². The van der Waals surface area contributed by atoms with Crippen LogP contribution in [0, 0.1) is 0 Å². The Balaban J connectivity index is 1.80. The maximum absolute atomic E-state index is 11.8. The molecule has 0 heterocycles. The Hall–Kier alpha value is -3.07. The molecule has 2 aromatic rings. The number of rotatable bonds is 8. The summed E-state index contributed by atoms with van der Waals surface area (Å²) in [6.07, 6.45) is 5.55. The number of hydrogen-bond acceptors (Lipinski definition) is 3. The van der Waals surface area contributed by atoms with Crippen LogP contribution in [0.5, 0.6) is 0 Å². The van der Waals surface area contributed by atoms with Crippen molar-refractivity contribution >= 4 is 29.5 Å². The van der Waals surface area contributed by atoms with Gasteiger partial charge in [0.2, 0.25) is 0 Å². The molecule has 0 spiro atoms. The Labute approximate surface area is 141 Å². The van der Waals surface area contributed by atoms with Crippen LogP contribution in [0.4, 0.5) is 0 Å². The summed E-state index contributed by atoms with van der Waals surface area (Å²) in [5, 5.41) is 0. The van der Waals surface area contributed by atoms with Gasteiger partial charge >= 0.3 is 0 Å². The molecular formula is C21H18O3. The minimum absolute atomic E-state index is 0.256. The van der Waals surface area contributed by atoms with Gasteiger partial charge in [-0.15, -0.1) is 0 Å². The zero-order valence-electron chi connectivity index (χ0n) is 13.2. The third-order valence-corrected chi connectivity index (χ3v) is 3.27. The molecule has 0 aliphatic carbocycles. The molecule has 0 fully saturated rings. The van der Waals surface area contributed by atoms with E-state index in [2.05, 4.69) is 0 Å². The number of carbonyl (C=O) groups excluding carboxylic acids is 3. The van der Waals surface area contributed by atoms with Gasteiger partial charge in [0.1, 0.15) is 5.78 Å². The summed E-state index contributed by atoms with van der Waals surface area (Å²) in [7, 11) is 0. The molecule has 3 nitrogen and oxygen atoms in total. The van der Waals surface area contributed by atoms with Crippen LogP contribution in [-0.4, -0.2) is 17.3 Å². The van der Waals surface area contributed by atoms with E-state index in [1.54, 1.807) is 12.2 Å². The predicted octanol–water partition coefficient (Wildman–Crippen LogP) is 3.90. The van der Waals surface area contributed by atoms with Crippen LogP contribution < -0.4 is 0 Å². The molecule has 0 bridgehead atoms. The lowest BCUT2D eigenvalue weighted by Gasteiger charge is -1.96. The van der Waals surface area contributed by atoms with E-state index in [4.69, 9.17) is 0 Å². The monoisotopic (exact) mass is 318 g/mol. The molecule has 0 atom stereocenters. The van der Waals surface area contributed by atoms with Crippen molar-refractivity contribution in [2.45, 2.75) is 12.8 Å². The van der Waals surface area contributed by atoms with Crippen molar-refractivity contribution in [1.29, 1.82) is 0 Å². The third-order valence-electron chi connectivity index (χ3n) is 3.27. The van der Waals surface area contributed by atoms with E-state index in [0.29, 0.717) is 0 Å². The van der Waals surface area contributed by atoms with Crippen molar-refractivity contribution in [3.63, 3.8) is 0 Å². The van der Waals surface area contributed by atoms with Crippen molar-refractivity contribution in [2.24, 2.45) is 0 Å². The number of Topliss-reactive ketones (excluding diaryl/α,β-unsaturated/α-hetero) is 1. The second kappa shape index (κ2) is 9.16. The lowest BCUT2D eigenvalue weighted by atomic mass is 10.1. The molecule has 0 aromatic heterocycles. The summed E-state index contributed by atoms with van der Waals surface area (Å²) in [5.41, 5.74) is 1.78. The van der Waals surface area contributed by atoms with Crippen LogP contribution in [0.1, 0.15) is 24.0 Å². The molecule has 0 aliphatic rings. The van der Waals surface area contributed by atoms with Gasteiger partial charge in [0, 0.05) is 0 Å². The first-order valence-corrected chi connectivity index (χ1v) is 7.67. The number of benzene rings is 2. The zero-order valence-corrected chi connectivity index (χ0v) is 13.2. The summed E-state index contributed by atoms with van der Waals surface area (Å²) >= 11 is 0. The smallest absolute Gasteiger partial charge is 0.163 e. The van der Waals surface area contributed by atoms with Crippen molar-refractivity contribution < 1.29 is 14.4 Å². The van der Waals surface area contributed by atoms with Gasteiger partial charge in [0.25, 0.3) is 0 Å². The number of allylic oxidation sites excluding steroid dienone is 2. The average Bonchev–Trinajstić information content (AvgIpc) is 2.60. The van der Waals surface area contributed by atoms with Crippen LogP contribution in [0.15, 0.2) is 72.8 Å². The Bertz CT molecular complexity index is 691. The fourth-order valence-electron chi connectivity index (χ4n) is 2.08. The van der Waals surface area contributed by atoms with E-state index in [-0.39, 0.29) is 30.2 Å². The first-order chi connectivity index (χ1) is 11.6. The van der Waals surface area contributed by atoms with Gasteiger partial charge in [-0.25, -0.2) is 0 Å². The fraction of sp³-hybridized carbons (Fsp3) is 0.0952. The highest BCUT2D eigenvalue weighted by atomic mass is 16.2. The lowest BCUT2D eigenvalue weighted by Crippen LogP contribution is -2.09. The number of carbonyl (C=O) groups is 3. The third kappa shape index (κ3) is 6.36. The molecule has 2 aromatic carbocycles. The van der Waals surface area contributed by atoms with Crippen LogP contribution in [0.25, 0.3) is 12.2 Å². The highest BCUT2D eigenvalue weighted by Gasteiger charge is 2.10. The molecule has 0 N–H and O–H groups in total. The summed E-state index contributed by atoms with van der Waals surface area (Å²) in [6, 6.07) is 18.7. The van der Waals surface area contributed by atoms with E-state index in [1.807, 2.05) is 60.7 Å². The van der Waals surface area contributed by atoms with E-state index in [9.17, 15) is 14.4 Å². The minimum Gasteiger partial charge on any atom is -0.299 e. The molecule has 0 aliphatic heterocycles. The summed E-state index contributed by atoms with van der Waals surface area (Å²) in [6.45, 7) is 0. The molecule has 0 saturated heterocycles. The van der Waals surface area contributed by atoms with Crippen LogP contribution in [0.3, 0.4) is 0 Å². The van der Waals surface area contributed by atoms with Crippen molar-refractivity contribution in [2.75, 3.05) is 0 Å². The van der Waals surface area contributed by atoms with Gasteiger partial charge in [0.15, 0.2) is 11.6 Å². The quantitative estimate of drug-likeness (QED) is 0.548. The lowest BCUT2D eigenvalue weighted by molar-refractivity contribution is -0.127. The van der Waals surface area contributed by atoms with E-state index in [0.717, 1.165) is 11.1 Å². The van der Waals surface area contributed by atoms with Crippen LogP contribution in [-0.2, 0) is 14.4 Å². The Morgan fingerprint density at radius 1 is 0.625 bits per heavy atom. The van der Waals surface area contributed by atoms with Crippen LogP contribution in [0.2, 0.25) is 0 Å². The molecule has 120 valence electrons. The average molecular weight is 318 g/mol. The summed E-state index contributed by atoms with van der Waals surface area (Å²) < 4.78 is 0. The molecule has 0 unspecified atom stereocenters. The van der Waals surface area contributed by atoms with Gasteiger partial charge < -0.3 is 0 Å². The van der Waals surface area contributed by atoms with Gasteiger partial charge in [-0.2, -0.15) is 0 Å². The number of hydrogen-bond donors (Lipinski definition) is 0. The normalized spacial score (nSPS) is 11.0. The number of ketones is 3.